The molecule has 0 aromatic carbocycles. The third-order valence-electron chi connectivity index (χ3n) is 1.96. The van der Waals surface area contributed by atoms with E-state index in [4.69, 9.17) is 6.42 Å². The summed E-state index contributed by atoms with van der Waals surface area (Å²) in [6.07, 6.45) is 1.82. The highest BCUT2D eigenvalue weighted by atomic mass is 19.4. The Balaban J connectivity index is 3.26. The van der Waals surface area contributed by atoms with E-state index in [9.17, 15) is 13.2 Å². The molecule has 0 radical (unpaired) electrons. The number of hydrogen-bond acceptors (Lipinski definition) is 1. The molecule has 0 aliphatic heterocycles. The van der Waals surface area contributed by atoms with Crippen molar-refractivity contribution in [3.05, 3.63) is 17.5 Å². The first-order valence-corrected chi connectivity index (χ1v) is 3.88. The molecule has 5 heteroatoms. The average Bonchev–Trinajstić information content (AvgIpc) is 2.51. The molecule has 2 nitrogen and oxygen atoms in total. The van der Waals surface area contributed by atoms with E-state index in [2.05, 4.69) is 11.0 Å². The lowest BCUT2D eigenvalue weighted by Crippen LogP contribution is -2.19. The van der Waals surface area contributed by atoms with Gasteiger partial charge in [0.1, 0.15) is 5.69 Å². The van der Waals surface area contributed by atoms with Crippen LogP contribution in [0.2, 0.25) is 0 Å². The lowest BCUT2D eigenvalue weighted by atomic mass is 9.86. The zero-order chi connectivity index (χ0) is 11.0. The van der Waals surface area contributed by atoms with Gasteiger partial charge in [-0.15, -0.1) is 6.42 Å². The first kappa shape index (κ1) is 10.6. The maximum atomic E-state index is 12.4. The zero-order valence-corrected chi connectivity index (χ0v) is 7.74. The molecule has 1 aromatic rings. The molecule has 0 bridgehead atoms. The highest BCUT2D eigenvalue weighted by molar-refractivity contribution is 5.34. The molecule has 1 N–H and O–H groups in total. The predicted octanol–water partition coefficient (Wildman–Crippen LogP) is 2.34. The molecule has 14 heavy (non-hydrogen) atoms. The van der Waals surface area contributed by atoms with Crippen LogP contribution in [0, 0.1) is 12.3 Å². The van der Waals surface area contributed by atoms with Crippen molar-refractivity contribution in [1.82, 2.24) is 10.2 Å². The van der Waals surface area contributed by atoms with Crippen LogP contribution >= 0.6 is 0 Å². The fourth-order valence-electron chi connectivity index (χ4n) is 1.05. The molecular weight excluding hydrogens is 193 g/mol. The Morgan fingerprint density at radius 1 is 1.43 bits per heavy atom. The fourth-order valence-corrected chi connectivity index (χ4v) is 1.05. The van der Waals surface area contributed by atoms with Crippen molar-refractivity contribution in [3.63, 3.8) is 0 Å². The van der Waals surface area contributed by atoms with Gasteiger partial charge in [-0.2, -0.15) is 18.3 Å². The SMILES string of the molecule is C#CC(C)(C)c1cn[nH]c1C(F)(F)F. The summed E-state index contributed by atoms with van der Waals surface area (Å²) in [5.41, 5.74) is -1.86. The van der Waals surface area contributed by atoms with Crippen molar-refractivity contribution in [1.29, 1.82) is 0 Å². The predicted molar refractivity (Wildman–Crippen MR) is 45.4 cm³/mol. The standard InChI is InChI=1S/C9H9F3N2/c1-4-8(2,3)6-5-13-14-7(6)9(10,11)12/h1,5H,2-3H3,(H,13,14). The lowest BCUT2D eigenvalue weighted by Gasteiger charge is -2.18. The summed E-state index contributed by atoms with van der Waals surface area (Å²) in [5.74, 6) is 2.30. The largest absolute Gasteiger partial charge is 0.433 e. The van der Waals surface area contributed by atoms with E-state index in [-0.39, 0.29) is 5.56 Å². The van der Waals surface area contributed by atoms with Crippen molar-refractivity contribution in [3.8, 4) is 12.3 Å². The molecule has 0 aliphatic carbocycles. The van der Waals surface area contributed by atoms with Crippen molar-refractivity contribution in [2.75, 3.05) is 0 Å². The molecule has 0 unspecified atom stereocenters. The van der Waals surface area contributed by atoms with Gasteiger partial charge in [0.2, 0.25) is 0 Å². The molecule has 1 rings (SSSR count). The Labute approximate surface area is 79.5 Å². The second-order valence-corrected chi connectivity index (χ2v) is 3.43. The Hall–Kier alpha value is -1.44. The van der Waals surface area contributed by atoms with Gasteiger partial charge in [0, 0.05) is 5.56 Å². The Morgan fingerprint density at radius 2 is 2.00 bits per heavy atom. The summed E-state index contributed by atoms with van der Waals surface area (Å²) >= 11 is 0. The van der Waals surface area contributed by atoms with E-state index >= 15 is 0 Å². The molecule has 0 saturated heterocycles. The number of aromatic amines is 1. The Bertz CT molecular complexity index is 368. The van der Waals surface area contributed by atoms with Gasteiger partial charge >= 0.3 is 6.18 Å². The van der Waals surface area contributed by atoms with Gasteiger partial charge in [-0.3, -0.25) is 5.10 Å². The van der Waals surface area contributed by atoms with Crippen LogP contribution in [0.3, 0.4) is 0 Å². The molecule has 1 aromatic heterocycles. The van der Waals surface area contributed by atoms with E-state index in [1.54, 1.807) is 0 Å². The van der Waals surface area contributed by atoms with E-state index in [1.165, 1.54) is 13.8 Å². The molecule has 0 aliphatic rings. The van der Waals surface area contributed by atoms with Crippen LogP contribution in [0.15, 0.2) is 6.20 Å². The van der Waals surface area contributed by atoms with Crippen LogP contribution in [0.4, 0.5) is 13.2 Å². The summed E-state index contributed by atoms with van der Waals surface area (Å²) in [5, 5.41) is 5.28. The summed E-state index contributed by atoms with van der Waals surface area (Å²) in [4.78, 5) is 0. The number of rotatable bonds is 1. The highest BCUT2D eigenvalue weighted by Gasteiger charge is 2.39. The van der Waals surface area contributed by atoms with Crippen LogP contribution in [-0.2, 0) is 11.6 Å². The molecular formula is C9H9F3N2. The van der Waals surface area contributed by atoms with Crippen LogP contribution in [-0.4, -0.2) is 10.2 Å². The third kappa shape index (κ3) is 1.74. The number of halogens is 3. The number of alkyl halides is 3. The number of terminal acetylenes is 1. The summed E-state index contributed by atoms with van der Waals surface area (Å²) in [6, 6.07) is 0. The van der Waals surface area contributed by atoms with Gasteiger partial charge in [0.25, 0.3) is 0 Å². The van der Waals surface area contributed by atoms with Crippen LogP contribution in [0.25, 0.3) is 0 Å². The second-order valence-electron chi connectivity index (χ2n) is 3.43. The van der Waals surface area contributed by atoms with Crippen LogP contribution < -0.4 is 0 Å². The number of aromatic nitrogens is 2. The first-order chi connectivity index (χ1) is 6.29. The number of H-pyrrole nitrogens is 1. The number of hydrogen-bond donors (Lipinski definition) is 1. The van der Waals surface area contributed by atoms with Gasteiger partial charge in [0.15, 0.2) is 0 Å². The van der Waals surface area contributed by atoms with E-state index in [0.717, 1.165) is 6.20 Å². The molecule has 76 valence electrons. The van der Waals surface area contributed by atoms with Gasteiger partial charge < -0.3 is 0 Å². The number of nitrogens with one attached hydrogen (secondary N) is 1. The molecule has 1 heterocycles. The topological polar surface area (TPSA) is 28.7 Å². The number of nitrogens with zero attached hydrogens (tertiary/aromatic N) is 1. The molecule has 0 atom stereocenters. The van der Waals surface area contributed by atoms with E-state index < -0.39 is 17.3 Å². The van der Waals surface area contributed by atoms with Gasteiger partial charge in [0.05, 0.1) is 11.6 Å². The van der Waals surface area contributed by atoms with Crippen LogP contribution in [0.5, 0.6) is 0 Å². The van der Waals surface area contributed by atoms with Gasteiger partial charge in [-0.1, -0.05) is 5.92 Å². The van der Waals surface area contributed by atoms with Crippen molar-refractivity contribution < 1.29 is 13.2 Å². The second kappa shape index (κ2) is 3.05. The maximum Gasteiger partial charge on any atom is 0.433 e. The minimum Gasteiger partial charge on any atom is -0.273 e. The Morgan fingerprint density at radius 3 is 2.43 bits per heavy atom. The average molecular weight is 202 g/mol. The van der Waals surface area contributed by atoms with Crippen molar-refractivity contribution >= 4 is 0 Å². The summed E-state index contributed by atoms with van der Waals surface area (Å²) < 4.78 is 37.2. The van der Waals surface area contributed by atoms with Gasteiger partial charge in [-0.05, 0) is 13.8 Å². The fraction of sp³-hybridized carbons (Fsp3) is 0.444. The highest BCUT2D eigenvalue weighted by Crippen LogP contribution is 2.35. The lowest BCUT2D eigenvalue weighted by molar-refractivity contribution is -0.142. The van der Waals surface area contributed by atoms with Crippen molar-refractivity contribution in [2.24, 2.45) is 0 Å². The summed E-state index contributed by atoms with van der Waals surface area (Å²) in [7, 11) is 0. The van der Waals surface area contributed by atoms with Crippen LogP contribution in [0.1, 0.15) is 25.1 Å². The zero-order valence-electron chi connectivity index (χ0n) is 7.74. The van der Waals surface area contributed by atoms with Crippen molar-refractivity contribution in [2.45, 2.75) is 25.4 Å². The molecule has 0 spiro atoms. The summed E-state index contributed by atoms with van der Waals surface area (Å²) in [6.45, 7) is 3.07. The molecule has 0 fully saturated rings. The molecule has 0 amide bonds. The minimum atomic E-state index is -4.44. The minimum absolute atomic E-state index is 0.00694. The quantitative estimate of drug-likeness (QED) is 0.695. The Kier molecular flexibility index (Phi) is 2.32. The maximum absolute atomic E-state index is 12.4. The smallest absolute Gasteiger partial charge is 0.273 e. The first-order valence-electron chi connectivity index (χ1n) is 3.88. The monoisotopic (exact) mass is 202 g/mol. The third-order valence-corrected chi connectivity index (χ3v) is 1.96. The normalized spacial score (nSPS) is 12.6. The van der Waals surface area contributed by atoms with E-state index in [1.807, 2.05) is 5.10 Å². The molecule has 0 saturated carbocycles. The van der Waals surface area contributed by atoms with Gasteiger partial charge in [-0.25, -0.2) is 0 Å². The van der Waals surface area contributed by atoms with E-state index in [0.29, 0.717) is 0 Å².